The lowest BCUT2D eigenvalue weighted by Crippen LogP contribution is -2.07. The van der Waals surface area contributed by atoms with E-state index in [1.807, 2.05) is 55.5 Å². The largest absolute Gasteiger partial charge is 0.464 e. The Morgan fingerprint density at radius 3 is 2.55 bits per heavy atom. The number of aryl methyl sites for hydroxylation is 1. The SMILES string of the molecule is COC(=O)c1nn(-c2ccccc2C(C)C)c(-c2nnc(-c3cccc(C)c3)o2)c1Cl. The van der Waals surface area contributed by atoms with E-state index in [2.05, 4.69) is 29.1 Å². The van der Waals surface area contributed by atoms with Gasteiger partial charge in [-0.25, -0.2) is 9.48 Å². The molecule has 0 saturated heterocycles. The van der Waals surface area contributed by atoms with Gasteiger partial charge in [0.2, 0.25) is 5.89 Å². The number of nitrogens with zero attached hydrogens (tertiary/aromatic N) is 4. The number of para-hydroxylation sites is 1. The fourth-order valence-corrected chi connectivity index (χ4v) is 3.64. The van der Waals surface area contributed by atoms with Crippen molar-refractivity contribution in [2.24, 2.45) is 0 Å². The average Bonchev–Trinajstić information content (AvgIpc) is 3.37. The number of ether oxygens (including phenoxy) is 1. The predicted octanol–water partition coefficient (Wildman–Crippen LogP) is 5.46. The maximum atomic E-state index is 12.3. The lowest BCUT2D eigenvalue weighted by Gasteiger charge is -2.13. The van der Waals surface area contributed by atoms with Gasteiger partial charge < -0.3 is 9.15 Å². The zero-order valence-electron chi connectivity index (χ0n) is 17.6. The molecule has 0 radical (unpaired) electrons. The minimum absolute atomic E-state index is 0.0203. The number of carbonyl (C=O) groups excluding carboxylic acids is 1. The Kier molecular flexibility index (Phi) is 5.61. The van der Waals surface area contributed by atoms with Crippen LogP contribution in [-0.4, -0.2) is 33.1 Å². The van der Waals surface area contributed by atoms with Crippen molar-refractivity contribution in [3.8, 4) is 28.7 Å². The van der Waals surface area contributed by atoms with Crippen LogP contribution in [0, 0.1) is 6.92 Å². The molecule has 0 unspecified atom stereocenters. The van der Waals surface area contributed by atoms with Gasteiger partial charge in [0, 0.05) is 5.56 Å². The first-order valence-corrected chi connectivity index (χ1v) is 10.2. The topological polar surface area (TPSA) is 83.0 Å². The van der Waals surface area contributed by atoms with Gasteiger partial charge in [0.15, 0.2) is 11.4 Å². The third kappa shape index (κ3) is 3.84. The van der Waals surface area contributed by atoms with Gasteiger partial charge in [0.1, 0.15) is 5.02 Å². The van der Waals surface area contributed by atoms with Crippen molar-refractivity contribution in [1.29, 1.82) is 0 Å². The molecule has 7 nitrogen and oxygen atoms in total. The first-order valence-electron chi connectivity index (χ1n) is 9.77. The van der Waals surface area contributed by atoms with Crippen LogP contribution in [0.25, 0.3) is 28.7 Å². The number of methoxy groups -OCH3 is 1. The van der Waals surface area contributed by atoms with Gasteiger partial charge in [0.25, 0.3) is 5.89 Å². The highest BCUT2D eigenvalue weighted by Crippen LogP contribution is 2.36. The molecule has 0 fully saturated rings. The number of esters is 1. The maximum Gasteiger partial charge on any atom is 0.360 e. The zero-order valence-corrected chi connectivity index (χ0v) is 18.3. The summed E-state index contributed by atoms with van der Waals surface area (Å²) in [5.74, 6) is 0.0617. The fraction of sp³-hybridized carbons (Fsp3) is 0.217. The van der Waals surface area contributed by atoms with Gasteiger partial charge in [-0.3, -0.25) is 0 Å². The number of benzene rings is 2. The third-order valence-electron chi connectivity index (χ3n) is 4.89. The first kappa shape index (κ1) is 20.8. The van der Waals surface area contributed by atoms with Gasteiger partial charge in [-0.1, -0.05) is 61.3 Å². The van der Waals surface area contributed by atoms with E-state index in [9.17, 15) is 4.79 Å². The molecule has 0 amide bonds. The third-order valence-corrected chi connectivity index (χ3v) is 5.24. The molecule has 0 aliphatic rings. The highest BCUT2D eigenvalue weighted by atomic mass is 35.5. The number of halogens is 1. The smallest absolute Gasteiger partial charge is 0.360 e. The van der Waals surface area contributed by atoms with E-state index >= 15 is 0 Å². The molecule has 0 saturated carbocycles. The number of rotatable bonds is 5. The normalized spacial score (nSPS) is 11.2. The molecule has 0 atom stereocenters. The molecule has 0 aliphatic carbocycles. The van der Waals surface area contributed by atoms with Crippen LogP contribution in [0.3, 0.4) is 0 Å². The second kappa shape index (κ2) is 8.35. The molecule has 8 heteroatoms. The summed E-state index contributed by atoms with van der Waals surface area (Å²) in [5.41, 5.74) is 3.96. The van der Waals surface area contributed by atoms with Crippen molar-refractivity contribution in [1.82, 2.24) is 20.0 Å². The number of hydrogen-bond acceptors (Lipinski definition) is 6. The number of aromatic nitrogens is 4. The summed E-state index contributed by atoms with van der Waals surface area (Å²) < 4.78 is 12.4. The van der Waals surface area contributed by atoms with E-state index in [1.54, 1.807) is 4.68 Å². The van der Waals surface area contributed by atoms with Gasteiger partial charge >= 0.3 is 5.97 Å². The summed E-state index contributed by atoms with van der Waals surface area (Å²) >= 11 is 6.59. The second-order valence-corrected chi connectivity index (χ2v) is 7.79. The summed E-state index contributed by atoms with van der Waals surface area (Å²) in [6, 6.07) is 15.5. The highest BCUT2D eigenvalue weighted by molar-refractivity contribution is 6.35. The van der Waals surface area contributed by atoms with Gasteiger partial charge in [-0.15, -0.1) is 10.2 Å². The van der Waals surface area contributed by atoms with Crippen LogP contribution in [0.1, 0.15) is 41.4 Å². The molecule has 2 aromatic heterocycles. The van der Waals surface area contributed by atoms with Crippen LogP contribution in [-0.2, 0) is 4.74 Å². The van der Waals surface area contributed by atoms with Gasteiger partial charge in [-0.05, 0) is 36.6 Å². The molecular formula is C23H21ClN4O3. The first-order chi connectivity index (χ1) is 14.9. The molecular weight excluding hydrogens is 416 g/mol. The molecule has 4 rings (SSSR count). The lowest BCUT2D eigenvalue weighted by atomic mass is 10.0. The van der Waals surface area contributed by atoms with Crippen molar-refractivity contribution in [2.75, 3.05) is 7.11 Å². The van der Waals surface area contributed by atoms with Crippen molar-refractivity contribution in [3.63, 3.8) is 0 Å². The van der Waals surface area contributed by atoms with Crippen LogP contribution in [0.15, 0.2) is 52.9 Å². The van der Waals surface area contributed by atoms with Crippen LogP contribution >= 0.6 is 11.6 Å². The summed E-state index contributed by atoms with van der Waals surface area (Å²) in [6.07, 6.45) is 0. The molecule has 0 N–H and O–H groups in total. The molecule has 0 aliphatic heterocycles. The van der Waals surface area contributed by atoms with Crippen molar-refractivity contribution in [3.05, 3.63) is 70.4 Å². The van der Waals surface area contributed by atoms with E-state index < -0.39 is 5.97 Å². The fourth-order valence-electron chi connectivity index (χ4n) is 3.37. The lowest BCUT2D eigenvalue weighted by molar-refractivity contribution is 0.0593. The average molecular weight is 437 g/mol. The molecule has 158 valence electrons. The Morgan fingerprint density at radius 1 is 1.10 bits per heavy atom. The van der Waals surface area contributed by atoms with E-state index in [4.69, 9.17) is 20.8 Å². The van der Waals surface area contributed by atoms with Gasteiger partial charge in [-0.2, -0.15) is 5.10 Å². The van der Waals surface area contributed by atoms with Crippen molar-refractivity contribution >= 4 is 17.6 Å². The Morgan fingerprint density at radius 2 is 1.84 bits per heavy atom. The van der Waals surface area contributed by atoms with Crippen LogP contribution in [0.5, 0.6) is 0 Å². The zero-order chi connectivity index (χ0) is 22.1. The molecule has 0 spiro atoms. The molecule has 2 aromatic carbocycles. The summed E-state index contributed by atoms with van der Waals surface area (Å²) in [5, 5.41) is 12.9. The minimum Gasteiger partial charge on any atom is -0.464 e. The Bertz CT molecular complexity index is 1260. The molecule has 4 aromatic rings. The molecule has 31 heavy (non-hydrogen) atoms. The van der Waals surface area contributed by atoms with E-state index in [0.717, 1.165) is 22.4 Å². The Hall–Kier alpha value is -3.45. The van der Waals surface area contributed by atoms with E-state index in [-0.39, 0.29) is 22.5 Å². The molecule has 0 bridgehead atoms. The van der Waals surface area contributed by atoms with E-state index in [1.165, 1.54) is 7.11 Å². The van der Waals surface area contributed by atoms with Gasteiger partial charge in [0.05, 0.1) is 12.8 Å². The Labute approximate surface area is 184 Å². The predicted molar refractivity (Wildman–Crippen MR) is 117 cm³/mol. The van der Waals surface area contributed by atoms with Crippen LogP contribution in [0.2, 0.25) is 5.02 Å². The Balaban J connectivity index is 1.92. The minimum atomic E-state index is -0.648. The maximum absolute atomic E-state index is 12.3. The van der Waals surface area contributed by atoms with Crippen molar-refractivity contribution in [2.45, 2.75) is 26.7 Å². The second-order valence-electron chi connectivity index (χ2n) is 7.41. The number of hydrogen-bond donors (Lipinski definition) is 0. The summed E-state index contributed by atoms with van der Waals surface area (Å²) in [7, 11) is 1.28. The van der Waals surface area contributed by atoms with E-state index in [0.29, 0.717) is 11.6 Å². The molecule has 2 heterocycles. The summed E-state index contributed by atoms with van der Waals surface area (Å²) in [4.78, 5) is 12.3. The van der Waals surface area contributed by atoms with Crippen LogP contribution in [0.4, 0.5) is 0 Å². The highest BCUT2D eigenvalue weighted by Gasteiger charge is 2.29. The standard InChI is InChI=1S/C23H21ClN4O3/c1-13(2)16-10-5-6-11-17(16)28-20(18(24)19(27-28)23(29)30-4)22-26-25-21(31-22)15-9-7-8-14(3)12-15/h5-13H,1-4H3. The van der Waals surface area contributed by atoms with Crippen LogP contribution < -0.4 is 0 Å². The number of carbonyl (C=O) groups is 1. The van der Waals surface area contributed by atoms with Crippen molar-refractivity contribution < 1.29 is 13.9 Å². The summed E-state index contributed by atoms with van der Waals surface area (Å²) in [6.45, 7) is 6.14. The monoisotopic (exact) mass is 436 g/mol. The quantitative estimate of drug-likeness (QED) is 0.386.